The molecular formula is C16H14Cl2FNO2S. The van der Waals surface area contributed by atoms with E-state index in [2.05, 4.69) is 5.32 Å². The minimum absolute atomic E-state index is 0.101. The lowest BCUT2D eigenvalue weighted by atomic mass is 10.2. The number of nitrogens with one attached hydrogen (secondary N) is 1. The van der Waals surface area contributed by atoms with Crippen LogP contribution in [-0.4, -0.2) is 15.9 Å². The topological polar surface area (TPSA) is 46.2 Å². The van der Waals surface area contributed by atoms with Gasteiger partial charge in [0.1, 0.15) is 11.6 Å². The Hall–Kier alpha value is -1.43. The van der Waals surface area contributed by atoms with Crippen LogP contribution in [0, 0.1) is 5.82 Å². The predicted molar refractivity (Wildman–Crippen MR) is 91.4 cm³/mol. The Bertz CT molecular complexity index is 740. The second-order valence-electron chi connectivity index (χ2n) is 4.87. The van der Waals surface area contributed by atoms with Gasteiger partial charge < -0.3 is 5.32 Å². The molecule has 0 heterocycles. The van der Waals surface area contributed by atoms with Crippen LogP contribution in [0.3, 0.4) is 0 Å². The molecule has 0 spiro atoms. The van der Waals surface area contributed by atoms with Crippen molar-refractivity contribution in [2.75, 3.05) is 5.75 Å². The Morgan fingerprint density at radius 2 is 1.96 bits per heavy atom. The quantitative estimate of drug-likeness (QED) is 0.838. The van der Waals surface area contributed by atoms with Crippen molar-refractivity contribution in [3.05, 3.63) is 69.5 Å². The Kier molecular flexibility index (Phi) is 6.57. The van der Waals surface area contributed by atoms with Crippen LogP contribution in [0.4, 0.5) is 4.39 Å². The number of carbonyl (C=O) groups is 1. The van der Waals surface area contributed by atoms with E-state index in [1.807, 2.05) is 6.07 Å². The van der Waals surface area contributed by atoms with E-state index in [1.165, 1.54) is 12.1 Å². The molecule has 2 rings (SSSR count). The van der Waals surface area contributed by atoms with E-state index in [1.54, 1.807) is 18.2 Å². The summed E-state index contributed by atoms with van der Waals surface area (Å²) >= 11 is 11.7. The largest absolute Gasteiger partial charge is 0.351 e. The summed E-state index contributed by atoms with van der Waals surface area (Å²) in [4.78, 5) is 11.8. The molecule has 1 amide bonds. The van der Waals surface area contributed by atoms with Gasteiger partial charge >= 0.3 is 0 Å². The van der Waals surface area contributed by atoms with E-state index in [4.69, 9.17) is 23.2 Å². The smallest absolute Gasteiger partial charge is 0.232 e. The zero-order valence-electron chi connectivity index (χ0n) is 12.0. The lowest BCUT2D eigenvalue weighted by Crippen LogP contribution is -2.28. The average molecular weight is 374 g/mol. The molecular weight excluding hydrogens is 360 g/mol. The first-order valence-electron chi connectivity index (χ1n) is 6.74. The van der Waals surface area contributed by atoms with Gasteiger partial charge in [-0.3, -0.25) is 9.00 Å². The number of hydrogen-bond donors (Lipinski definition) is 1. The normalized spacial score (nSPS) is 12.0. The molecule has 2 aromatic carbocycles. The van der Waals surface area contributed by atoms with Crippen LogP contribution >= 0.6 is 23.2 Å². The third kappa shape index (κ3) is 5.94. The van der Waals surface area contributed by atoms with Gasteiger partial charge in [0.15, 0.2) is 0 Å². The monoisotopic (exact) mass is 373 g/mol. The third-order valence-electron chi connectivity index (χ3n) is 3.00. The molecule has 0 saturated heterocycles. The Morgan fingerprint density at radius 1 is 1.17 bits per heavy atom. The van der Waals surface area contributed by atoms with Gasteiger partial charge in [0, 0.05) is 27.4 Å². The van der Waals surface area contributed by atoms with E-state index in [9.17, 15) is 13.4 Å². The maximum Gasteiger partial charge on any atom is 0.232 e. The molecule has 23 heavy (non-hydrogen) atoms. The van der Waals surface area contributed by atoms with Gasteiger partial charge in [-0.25, -0.2) is 4.39 Å². The van der Waals surface area contributed by atoms with E-state index in [-0.39, 0.29) is 22.4 Å². The van der Waals surface area contributed by atoms with Gasteiger partial charge in [-0.05, 0) is 35.4 Å². The van der Waals surface area contributed by atoms with Crippen molar-refractivity contribution in [3.8, 4) is 0 Å². The van der Waals surface area contributed by atoms with Crippen molar-refractivity contribution in [2.24, 2.45) is 0 Å². The molecule has 0 aliphatic rings. The predicted octanol–water partition coefficient (Wildman–Crippen LogP) is 3.70. The van der Waals surface area contributed by atoms with Crippen LogP contribution in [0.15, 0.2) is 42.5 Å². The molecule has 1 atom stereocenters. The van der Waals surface area contributed by atoms with Crippen molar-refractivity contribution in [1.29, 1.82) is 0 Å². The number of benzene rings is 2. The Balaban J connectivity index is 1.84. The highest BCUT2D eigenvalue weighted by atomic mass is 35.5. The minimum atomic E-state index is -1.43. The first kappa shape index (κ1) is 17.9. The third-order valence-corrected chi connectivity index (χ3v) is 4.81. The summed E-state index contributed by atoms with van der Waals surface area (Å²) in [7, 11) is -1.43. The van der Waals surface area contributed by atoms with Crippen LogP contribution in [0.1, 0.15) is 11.1 Å². The summed E-state index contributed by atoms with van der Waals surface area (Å²) in [5.41, 5.74) is 1.41. The summed E-state index contributed by atoms with van der Waals surface area (Å²) in [6.45, 7) is 0.313. The highest BCUT2D eigenvalue weighted by molar-refractivity contribution is 7.84. The zero-order valence-corrected chi connectivity index (χ0v) is 14.3. The van der Waals surface area contributed by atoms with Gasteiger partial charge in [0.25, 0.3) is 0 Å². The minimum Gasteiger partial charge on any atom is -0.351 e. The summed E-state index contributed by atoms with van der Waals surface area (Å²) in [6, 6.07) is 11.0. The van der Waals surface area contributed by atoms with Crippen molar-refractivity contribution >= 4 is 39.9 Å². The number of rotatable bonds is 6. The highest BCUT2D eigenvalue weighted by Gasteiger charge is 2.11. The molecule has 1 N–H and O–H groups in total. The number of amides is 1. The van der Waals surface area contributed by atoms with Crippen LogP contribution in [0.5, 0.6) is 0 Å². The number of hydrogen-bond acceptors (Lipinski definition) is 2. The molecule has 7 heteroatoms. The fraction of sp³-hybridized carbons (Fsp3) is 0.188. The molecule has 0 bridgehead atoms. The summed E-state index contributed by atoms with van der Waals surface area (Å²) in [5, 5.41) is 3.48. The fourth-order valence-electron chi connectivity index (χ4n) is 1.91. The molecule has 0 radical (unpaired) electrons. The molecule has 0 fully saturated rings. The second kappa shape index (κ2) is 8.43. The molecule has 0 aliphatic carbocycles. The SMILES string of the molecule is O=C(CS(=O)Cc1ccc(F)cc1Cl)NCc1cccc(Cl)c1. The summed E-state index contributed by atoms with van der Waals surface area (Å²) in [5.74, 6) is -0.830. The summed E-state index contributed by atoms with van der Waals surface area (Å²) in [6.07, 6.45) is 0. The lowest BCUT2D eigenvalue weighted by Gasteiger charge is -2.07. The van der Waals surface area contributed by atoms with E-state index < -0.39 is 16.6 Å². The molecule has 3 nitrogen and oxygen atoms in total. The van der Waals surface area contributed by atoms with Crippen molar-refractivity contribution < 1.29 is 13.4 Å². The molecule has 2 aromatic rings. The number of halogens is 3. The fourth-order valence-corrected chi connectivity index (χ4v) is 3.53. The molecule has 122 valence electrons. The van der Waals surface area contributed by atoms with Crippen LogP contribution < -0.4 is 5.32 Å². The second-order valence-corrected chi connectivity index (χ2v) is 7.17. The van der Waals surface area contributed by atoms with Gasteiger partial charge in [0.2, 0.25) is 5.91 Å². The zero-order chi connectivity index (χ0) is 16.8. The molecule has 1 unspecified atom stereocenters. The maximum absolute atomic E-state index is 13.0. The first-order chi connectivity index (χ1) is 10.9. The number of carbonyl (C=O) groups excluding carboxylic acids is 1. The van der Waals surface area contributed by atoms with Gasteiger partial charge in [-0.2, -0.15) is 0 Å². The van der Waals surface area contributed by atoms with E-state index >= 15 is 0 Å². The van der Waals surface area contributed by atoms with Crippen LogP contribution in [0.25, 0.3) is 0 Å². The summed E-state index contributed by atoms with van der Waals surface area (Å²) < 4.78 is 25.0. The lowest BCUT2D eigenvalue weighted by molar-refractivity contribution is -0.118. The van der Waals surface area contributed by atoms with E-state index in [0.717, 1.165) is 11.6 Å². The highest BCUT2D eigenvalue weighted by Crippen LogP contribution is 2.18. The maximum atomic E-state index is 13.0. The van der Waals surface area contributed by atoms with Crippen LogP contribution in [0.2, 0.25) is 10.0 Å². The standard InChI is InChI=1S/C16H14Cl2FNO2S/c17-13-3-1-2-11(6-13)8-20-16(21)10-23(22)9-12-4-5-14(19)7-15(12)18/h1-7H,8-10H2,(H,20,21). The van der Waals surface area contributed by atoms with Crippen molar-refractivity contribution in [3.63, 3.8) is 0 Å². The molecule has 0 aromatic heterocycles. The van der Waals surface area contributed by atoms with Gasteiger partial charge in [-0.1, -0.05) is 41.4 Å². The molecule has 0 aliphatic heterocycles. The van der Waals surface area contributed by atoms with Crippen LogP contribution in [-0.2, 0) is 27.9 Å². The van der Waals surface area contributed by atoms with Crippen molar-refractivity contribution in [2.45, 2.75) is 12.3 Å². The first-order valence-corrected chi connectivity index (χ1v) is 8.98. The van der Waals surface area contributed by atoms with E-state index in [0.29, 0.717) is 17.1 Å². The average Bonchev–Trinajstić information content (AvgIpc) is 2.48. The Morgan fingerprint density at radius 3 is 2.65 bits per heavy atom. The van der Waals surface area contributed by atoms with Gasteiger partial charge in [0.05, 0.1) is 5.75 Å². The van der Waals surface area contributed by atoms with Gasteiger partial charge in [-0.15, -0.1) is 0 Å². The molecule has 0 saturated carbocycles. The van der Waals surface area contributed by atoms with Crippen molar-refractivity contribution in [1.82, 2.24) is 5.32 Å². The Labute approximate surface area is 146 Å².